The van der Waals surface area contributed by atoms with Crippen LogP contribution in [0.1, 0.15) is 19.4 Å². The van der Waals surface area contributed by atoms with Crippen molar-refractivity contribution in [3.63, 3.8) is 0 Å². The first-order valence-electron chi connectivity index (χ1n) is 7.28. The van der Waals surface area contributed by atoms with Crippen molar-refractivity contribution >= 4 is 29.5 Å². The number of esters is 1. The van der Waals surface area contributed by atoms with Crippen LogP contribution >= 0.6 is 0 Å². The van der Waals surface area contributed by atoms with E-state index in [9.17, 15) is 9.59 Å². The van der Waals surface area contributed by atoms with Gasteiger partial charge in [-0.2, -0.15) is 0 Å². The van der Waals surface area contributed by atoms with Crippen LogP contribution in [0, 0.1) is 0 Å². The van der Waals surface area contributed by atoms with E-state index in [0.717, 1.165) is 5.56 Å². The summed E-state index contributed by atoms with van der Waals surface area (Å²) < 4.78 is 4.83. The fourth-order valence-corrected chi connectivity index (χ4v) is 2.05. The van der Waals surface area contributed by atoms with Gasteiger partial charge in [0, 0.05) is 19.2 Å². The number of rotatable bonds is 5. The Morgan fingerprint density at radius 3 is 2.48 bits per heavy atom. The van der Waals surface area contributed by atoms with E-state index in [-0.39, 0.29) is 11.9 Å². The lowest BCUT2D eigenvalue weighted by molar-refractivity contribution is -0.137. The molecule has 118 valence electrons. The molecule has 0 aliphatic rings. The summed E-state index contributed by atoms with van der Waals surface area (Å²) in [5, 5.41) is 0. The van der Waals surface area contributed by atoms with E-state index in [0.29, 0.717) is 18.1 Å². The molecule has 5 nitrogen and oxygen atoms in total. The SMILES string of the molecule is CCOC(=O)C=Cc1ccc(N(C(C)=O)c2ccccn2)cc1. The lowest BCUT2D eigenvalue weighted by atomic mass is 10.1. The summed E-state index contributed by atoms with van der Waals surface area (Å²) in [4.78, 5) is 29.0. The molecular formula is C18H18N2O3. The minimum Gasteiger partial charge on any atom is -0.463 e. The summed E-state index contributed by atoms with van der Waals surface area (Å²) in [6, 6.07) is 12.7. The molecule has 1 heterocycles. The molecule has 0 saturated carbocycles. The predicted octanol–water partition coefficient (Wildman–Crippen LogP) is 3.34. The Morgan fingerprint density at radius 1 is 1.17 bits per heavy atom. The van der Waals surface area contributed by atoms with Crippen molar-refractivity contribution in [3.8, 4) is 0 Å². The molecule has 1 aromatic heterocycles. The third-order valence-corrected chi connectivity index (χ3v) is 3.04. The van der Waals surface area contributed by atoms with Crippen LogP contribution < -0.4 is 4.90 Å². The zero-order valence-corrected chi connectivity index (χ0v) is 13.1. The number of hydrogen-bond acceptors (Lipinski definition) is 4. The van der Waals surface area contributed by atoms with Crippen molar-refractivity contribution in [2.45, 2.75) is 13.8 Å². The van der Waals surface area contributed by atoms with Crippen LogP contribution in [-0.2, 0) is 14.3 Å². The first-order valence-corrected chi connectivity index (χ1v) is 7.28. The third-order valence-electron chi connectivity index (χ3n) is 3.04. The van der Waals surface area contributed by atoms with Gasteiger partial charge < -0.3 is 4.74 Å². The van der Waals surface area contributed by atoms with Crippen molar-refractivity contribution in [2.75, 3.05) is 11.5 Å². The van der Waals surface area contributed by atoms with Crippen LogP contribution in [-0.4, -0.2) is 23.5 Å². The van der Waals surface area contributed by atoms with Crippen LogP contribution in [0.2, 0.25) is 0 Å². The quantitative estimate of drug-likeness (QED) is 0.628. The number of benzene rings is 1. The lowest BCUT2D eigenvalue weighted by Gasteiger charge is -2.20. The second-order valence-corrected chi connectivity index (χ2v) is 4.72. The average Bonchev–Trinajstić information content (AvgIpc) is 2.55. The van der Waals surface area contributed by atoms with Crippen LogP contribution in [0.4, 0.5) is 11.5 Å². The van der Waals surface area contributed by atoms with Gasteiger partial charge in [0.05, 0.1) is 12.3 Å². The Kier molecular flexibility index (Phi) is 5.63. The number of carbonyl (C=O) groups excluding carboxylic acids is 2. The number of amides is 1. The van der Waals surface area contributed by atoms with E-state index in [1.54, 1.807) is 43.5 Å². The minimum absolute atomic E-state index is 0.126. The summed E-state index contributed by atoms with van der Waals surface area (Å²) in [6.45, 7) is 3.59. The molecule has 0 unspecified atom stereocenters. The van der Waals surface area contributed by atoms with Crippen LogP contribution in [0.3, 0.4) is 0 Å². The molecular weight excluding hydrogens is 292 g/mol. The molecule has 0 spiro atoms. The van der Waals surface area contributed by atoms with Gasteiger partial charge in [-0.3, -0.25) is 9.69 Å². The fourth-order valence-electron chi connectivity index (χ4n) is 2.05. The Bertz CT molecular complexity index is 694. The van der Waals surface area contributed by atoms with E-state index in [4.69, 9.17) is 4.74 Å². The molecule has 23 heavy (non-hydrogen) atoms. The molecule has 0 atom stereocenters. The molecule has 2 rings (SSSR count). The van der Waals surface area contributed by atoms with Crippen LogP contribution in [0.25, 0.3) is 6.08 Å². The molecule has 0 aliphatic heterocycles. The Morgan fingerprint density at radius 2 is 1.91 bits per heavy atom. The standard InChI is InChI=1S/C18H18N2O3/c1-3-23-18(22)12-9-15-7-10-16(11-8-15)20(14(2)21)17-6-4-5-13-19-17/h4-13H,3H2,1-2H3. The van der Waals surface area contributed by atoms with E-state index < -0.39 is 0 Å². The number of carbonyl (C=O) groups is 2. The summed E-state index contributed by atoms with van der Waals surface area (Å²) in [7, 11) is 0. The highest BCUT2D eigenvalue weighted by Gasteiger charge is 2.14. The summed E-state index contributed by atoms with van der Waals surface area (Å²) in [5.74, 6) is 0.0590. The molecule has 2 aromatic rings. The largest absolute Gasteiger partial charge is 0.463 e. The number of anilines is 2. The molecule has 0 N–H and O–H groups in total. The normalized spacial score (nSPS) is 10.5. The van der Waals surface area contributed by atoms with Gasteiger partial charge in [0.1, 0.15) is 5.82 Å². The topological polar surface area (TPSA) is 59.5 Å². The second-order valence-electron chi connectivity index (χ2n) is 4.72. The van der Waals surface area contributed by atoms with Gasteiger partial charge in [0.25, 0.3) is 0 Å². The maximum atomic E-state index is 11.9. The molecule has 0 saturated heterocycles. The number of aromatic nitrogens is 1. The van der Waals surface area contributed by atoms with Gasteiger partial charge in [-0.1, -0.05) is 18.2 Å². The van der Waals surface area contributed by atoms with Gasteiger partial charge in [-0.25, -0.2) is 9.78 Å². The first kappa shape index (κ1) is 16.4. The number of pyridine rings is 1. The lowest BCUT2D eigenvalue weighted by Crippen LogP contribution is -2.23. The van der Waals surface area contributed by atoms with Gasteiger partial charge in [0.2, 0.25) is 5.91 Å². The highest BCUT2D eigenvalue weighted by Crippen LogP contribution is 2.24. The smallest absolute Gasteiger partial charge is 0.330 e. The van der Waals surface area contributed by atoms with Gasteiger partial charge in [-0.05, 0) is 42.8 Å². The summed E-state index contributed by atoms with van der Waals surface area (Å²) in [6.07, 6.45) is 4.68. The predicted molar refractivity (Wildman–Crippen MR) is 89.2 cm³/mol. The highest BCUT2D eigenvalue weighted by molar-refractivity contribution is 5.98. The number of ether oxygens (including phenoxy) is 1. The van der Waals surface area contributed by atoms with Crippen molar-refractivity contribution in [2.24, 2.45) is 0 Å². The van der Waals surface area contributed by atoms with E-state index in [2.05, 4.69) is 4.98 Å². The Balaban J connectivity index is 2.20. The Labute approximate surface area is 135 Å². The van der Waals surface area contributed by atoms with Gasteiger partial charge in [0.15, 0.2) is 0 Å². The maximum absolute atomic E-state index is 11.9. The molecule has 0 bridgehead atoms. The Hall–Kier alpha value is -2.95. The number of hydrogen-bond donors (Lipinski definition) is 0. The molecule has 1 amide bonds. The van der Waals surface area contributed by atoms with Gasteiger partial charge in [-0.15, -0.1) is 0 Å². The summed E-state index contributed by atoms with van der Waals surface area (Å²) >= 11 is 0. The zero-order chi connectivity index (χ0) is 16.7. The fraction of sp³-hybridized carbons (Fsp3) is 0.167. The first-order chi connectivity index (χ1) is 11.1. The second kappa shape index (κ2) is 7.89. The molecule has 0 fully saturated rings. The van der Waals surface area contributed by atoms with Crippen molar-refractivity contribution in [1.82, 2.24) is 4.98 Å². The minimum atomic E-state index is -0.379. The molecule has 5 heteroatoms. The monoisotopic (exact) mass is 310 g/mol. The average molecular weight is 310 g/mol. The summed E-state index contributed by atoms with van der Waals surface area (Å²) in [5.41, 5.74) is 1.55. The van der Waals surface area contributed by atoms with Crippen LogP contribution in [0.5, 0.6) is 0 Å². The van der Waals surface area contributed by atoms with Crippen LogP contribution in [0.15, 0.2) is 54.7 Å². The molecule has 0 aliphatic carbocycles. The van der Waals surface area contributed by atoms with Gasteiger partial charge >= 0.3 is 5.97 Å². The zero-order valence-electron chi connectivity index (χ0n) is 13.1. The van der Waals surface area contributed by atoms with Crippen molar-refractivity contribution < 1.29 is 14.3 Å². The van der Waals surface area contributed by atoms with E-state index in [1.165, 1.54) is 17.9 Å². The molecule has 0 radical (unpaired) electrons. The maximum Gasteiger partial charge on any atom is 0.330 e. The van der Waals surface area contributed by atoms with Crippen molar-refractivity contribution in [3.05, 3.63) is 60.3 Å². The molecule has 1 aromatic carbocycles. The van der Waals surface area contributed by atoms with Crippen molar-refractivity contribution in [1.29, 1.82) is 0 Å². The van der Waals surface area contributed by atoms with E-state index >= 15 is 0 Å². The number of nitrogens with zero attached hydrogens (tertiary/aromatic N) is 2. The third kappa shape index (κ3) is 4.51. The van der Waals surface area contributed by atoms with E-state index in [1.807, 2.05) is 18.2 Å². The highest BCUT2D eigenvalue weighted by atomic mass is 16.5.